The summed E-state index contributed by atoms with van der Waals surface area (Å²) in [6.07, 6.45) is 1.83. The predicted molar refractivity (Wildman–Crippen MR) is 115 cm³/mol. The molecule has 3 rings (SSSR count). The Hall–Kier alpha value is -2.60. The molecule has 150 valence electrons. The topological polar surface area (TPSA) is 60.5 Å². The Balaban J connectivity index is 1.66. The monoisotopic (exact) mass is 381 g/mol. The van der Waals surface area contributed by atoms with Gasteiger partial charge in [-0.25, -0.2) is 4.98 Å². The number of benzene rings is 1. The molecule has 1 saturated heterocycles. The quantitative estimate of drug-likeness (QED) is 0.804. The molecule has 1 aromatic carbocycles. The molecule has 1 aliphatic heterocycles. The van der Waals surface area contributed by atoms with Crippen LogP contribution in [0.5, 0.6) is 0 Å². The highest BCUT2D eigenvalue weighted by Crippen LogP contribution is 2.24. The van der Waals surface area contributed by atoms with Crippen LogP contribution in [-0.4, -0.2) is 49.7 Å². The lowest BCUT2D eigenvalue weighted by Gasteiger charge is -2.38. The van der Waals surface area contributed by atoms with Gasteiger partial charge in [-0.15, -0.1) is 0 Å². The van der Waals surface area contributed by atoms with E-state index in [1.54, 1.807) is 7.05 Å². The SMILES string of the molecule is CNC(C)(C)C(=O)NCc1cccnc1N1CCN(c2ccccc2C)CC1. The maximum atomic E-state index is 12.4. The number of nitrogens with zero attached hydrogens (tertiary/aromatic N) is 3. The minimum Gasteiger partial charge on any atom is -0.368 e. The van der Waals surface area contributed by atoms with Crippen LogP contribution in [0.15, 0.2) is 42.6 Å². The van der Waals surface area contributed by atoms with Crippen molar-refractivity contribution in [2.24, 2.45) is 0 Å². The smallest absolute Gasteiger partial charge is 0.239 e. The summed E-state index contributed by atoms with van der Waals surface area (Å²) < 4.78 is 0. The van der Waals surface area contributed by atoms with E-state index in [0.717, 1.165) is 37.6 Å². The fourth-order valence-corrected chi connectivity index (χ4v) is 3.44. The molecular formula is C22H31N5O. The zero-order chi connectivity index (χ0) is 20.1. The van der Waals surface area contributed by atoms with E-state index in [1.165, 1.54) is 11.3 Å². The molecule has 0 atom stereocenters. The number of para-hydroxylation sites is 1. The number of aromatic nitrogens is 1. The Bertz CT molecular complexity index is 812. The number of hydrogen-bond donors (Lipinski definition) is 2. The molecule has 0 spiro atoms. The van der Waals surface area contributed by atoms with E-state index >= 15 is 0 Å². The molecule has 0 saturated carbocycles. The maximum Gasteiger partial charge on any atom is 0.239 e. The van der Waals surface area contributed by atoms with Crippen molar-refractivity contribution >= 4 is 17.4 Å². The van der Waals surface area contributed by atoms with Crippen LogP contribution >= 0.6 is 0 Å². The second-order valence-electron chi connectivity index (χ2n) is 7.80. The number of aryl methyl sites for hydroxylation is 1. The number of amides is 1. The number of carbonyl (C=O) groups excluding carboxylic acids is 1. The number of nitrogens with one attached hydrogen (secondary N) is 2. The highest BCUT2D eigenvalue weighted by Gasteiger charge is 2.26. The first kappa shape index (κ1) is 20.1. The van der Waals surface area contributed by atoms with Gasteiger partial charge in [-0.05, 0) is 45.5 Å². The van der Waals surface area contributed by atoms with Crippen molar-refractivity contribution < 1.29 is 4.79 Å². The molecule has 28 heavy (non-hydrogen) atoms. The third-order valence-corrected chi connectivity index (χ3v) is 5.53. The van der Waals surface area contributed by atoms with Gasteiger partial charge in [-0.3, -0.25) is 4.79 Å². The van der Waals surface area contributed by atoms with Crippen molar-refractivity contribution in [2.75, 3.05) is 43.0 Å². The highest BCUT2D eigenvalue weighted by atomic mass is 16.2. The summed E-state index contributed by atoms with van der Waals surface area (Å²) in [6.45, 7) is 10.1. The van der Waals surface area contributed by atoms with Gasteiger partial charge in [0.2, 0.25) is 5.91 Å². The average molecular weight is 382 g/mol. The van der Waals surface area contributed by atoms with Crippen LogP contribution in [0.25, 0.3) is 0 Å². The van der Waals surface area contributed by atoms with Crippen LogP contribution in [0.1, 0.15) is 25.0 Å². The van der Waals surface area contributed by atoms with Crippen molar-refractivity contribution in [3.05, 3.63) is 53.7 Å². The summed E-state index contributed by atoms with van der Waals surface area (Å²) in [6, 6.07) is 12.5. The first-order valence-corrected chi connectivity index (χ1v) is 9.89. The first-order valence-electron chi connectivity index (χ1n) is 9.89. The summed E-state index contributed by atoms with van der Waals surface area (Å²) in [4.78, 5) is 21.7. The molecule has 6 nitrogen and oxygen atoms in total. The van der Waals surface area contributed by atoms with Crippen molar-refractivity contribution in [1.82, 2.24) is 15.6 Å². The molecule has 0 unspecified atom stereocenters. The second-order valence-corrected chi connectivity index (χ2v) is 7.80. The number of anilines is 2. The molecule has 1 fully saturated rings. The van der Waals surface area contributed by atoms with Crippen LogP contribution in [0.4, 0.5) is 11.5 Å². The molecule has 0 aliphatic carbocycles. The van der Waals surface area contributed by atoms with Gasteiger partial charge in [0.05, 0.1) is 5.54 Å². The Kier molecular flexibility index (Phi) is 6.19. The van der Waals surface area contributed by atoms with Gasteiger partial charge in [0.15, 0.2) is 0 Å². The standard InChI is InChI=1S/C22H31N5O/c1-17-8-5-6-10-19(17)26-12-14-27(15-13-26)20-18(9-7-11-24-20)16-25-21(28)22(2,3)23-4/h5-11,23H,12-16H2,1-4H3,(H,25,28). The molecule has 2 heterocycles. The van der Waals surface area contributed by atoms with Crippen molar-refractivity contribution in [3.63, 3.8) is 0 Å². The molecule has 0 bridgehead atoms. The Labute approximate surface area is 167 Å². The minimum absolute atomic E-state index is 0.0193. The molecular weight excluding hydrogens is 350 g/mol. The average Bonchev–Trinajstić information content (AvgIpc) is 2.72. The Morgan fingerprint density at radius 1 is 1.07 bits per heavy atom. The summed E-state index contributed by atoms with van der Waals surface area (Å²) in [5, 5.41) is 6.07. The van der Waals surface area contributed by atoms with Gasteiger partial charge < -0.3 is 20.4 Å². The summed E-state index contributed by atoms with van der Waals surface area (Å²) in [5.74, 6) is 0.948. The summed E-state index contributed by atoms with van der Waals surface area (Å²) in [7, 11) is 1.79. The summed E-state index contributed by atoms with van der Waals surface area (Å²) >= 11 is 0. The van der Waals surface area contributed by atoms with Crippen LogP contribution in [0.3, 0.4) is 0 Å². The molecule has 6 heteroatoms. The molecule has 1 amide bonds. The first-order chi connectivity index (χ1) is 13.4. The van der Waals surface area contributed by atoms with Crippen LogP contribution < -0.4 is 20.4 Å². The summed E-state index contributed by atoms with van der Waals surface area (Å²) in [5.41, 5.74) is 3.07. The molecule has 2 aromatic rings. The lowest BCUT2D eigenvalue weighted by molar-refractivity contribution is -0.126. The van der Waals surface area contributed by atoms with Crippen molar-refractivity contribution in [2.45, 2.75) is 32.9 Å². The molecule has 1 aliphatic rings. The van der Waals surface area contributed by atoms with Crippen LogP contribution in [-0.2, 0) is 11.3 Å². The molecule has 2 N–H and O–H groups in total. The van der Waals surface area contributed by atoms with E-state index in [4.69, 9.17) is 0 Å². The van der Waals surface area contributed by atoms with Gasteiger partial charge >= 0.3 is 0 Å². The fraction of sp³-hybridized carbons (Fsp3) is 0.455. The third kappa shape index (κ3) is 4.44. The molecule has 0 radical (unpaired) electrons. The maximum absolute atomic E-state index is 12.4. The zero-order valence-corrected chi connectivity index (χ0v) is 17.3. The van der Waals surface area contributed by atoms with Gasteiger partial charge in [-0.1, -0.05) is 24.3 Å². The van der Waals surface area contributed by atoms with E-state index in [1.807, 2.05) is 32.2 Å². The van der Waals surface area contributed by atoms with Gasteiger partial charge in [0.1, 0.15) is 5.82 Å². The van der Waals surface area contributed by atoms with E-state index in [-0.39, 0.29) is 5.91 Å². The lowest BCUT2D eigenvalue weighted by atomic mass is 10.1. The second kappa shape index (κ2) is 8.61. The number of likely N-dealkylation sites (N-methyl/N-ethyl adjacent to an activating group) is 1. The number of piperazine rings is 1. The van der Waals surface area contributed by atoms with E-state index < -0.39 is 5.54 Å². The van der Waals surface area contributed by atoms with Crippen molar-refractivity contribution in [1.29, 1.82) is 0 Å². The molecule has 1 aromatic heterocycles. The fourth-order valence-electron chi connectivity index (χ4n) is 3.44. The van der Waals surface area contributed by atoms with Gasteiger partial charge in [0.25, 0.3) is 0 Å². The third-order valence-electron chi connectivity index (χ3n) is 5.53. The largest absolute Gasteiger partial charge is 0.368 e. The normalized spacial score (nSPS) is 14.9. The number of carbonyl (C=O) groups is 1. The predicted octanol–water partition coefficient (Wildman–Crippen LogP) is 2.33. The number of rotatable bonds is 6. The van der Waals surface area contributed by atoms with Crippen LogP contribution in [0.2, 0.25) is 0 Å². The minimum atomic E-state index is -0.596. The van der Waals surface area contributed by atoms with Gasteiger partial charge in [-0.2, -0.15) is 0 Å². The van der Waals surface area contributed by atoms with Crippen LogP contribution in [0, 0.1) is 6.92 Å². The number of hydrogen-bond acceptors (Lipinski definition) is 5. The highest BCUT2D eigenvalue weighted by molar-refractivity contribution is 5.85. The lowest BCUT2D eigenvalue weighted by Crippen LogP contribution is -2.51. The Morgan fingerprint density at radius 2 is 1.75 bits per heavy atom. The van der Waals surface area contributed by atoms with E-state index in [9.17, 15) is 4.79 Å². The van der Waals surface area contributed by atoms with Gasteiger partial charge in [0, 0.05) is 50.2 Å². The number of pyridine rings is 1. The zero-order valence-electron chi connectivity index (χ0n) is 17.3. The van der Waals surface area contributed by atoms with E-state index in [0.29, 0.717) is 6.54 Å². The Morgan fingerprint density at radius 3 is 2.43 bits per heavy atom. The van der Waals surface area contributed by atoms with E-state index in [2.05, 4.69) is 56.6 Å². The van der Waals surface area contributed by atoms with Crippen molar-refractivity contribution in [3.8, 4) is 0 Å².